The van der Waals surface area contributed by atoms with Gasteiger partial charge in [0.2, 0.25) is 5.78 Å². The maximum Gasteiger partial charge on any atom is 0.417 e. The van der Waals surface area contributed by atoms with Gasteiger partial charge in [-0.1, -0.05) is 6.58 Å². The predicted octanol–water partition coefficient (Wildman–Crippen LogP) is 3.16. The molecular weight excluding hydrogens is 239 g/mol. The number of aromatic nitrogens is 1. The number of nitrogens with zero attached hydrogens (tertiary/aromatic N) is 1. The van der Waals surface area contributed by atoms with Gasteiger partial charge < -0.3 is 0 Å². The first-order valence-corrected chi connectivity index (χ1v) is 5.39. The van der Waals surface area contributed by atoms with Crippen molar-refractivity contribution in [3.8, 4) is 0 Å². The average molecular weight is 247 g/mol. The van der Waals surface area contributed by atoms with E-state index in [9.17, 15) is 18.0 Å². The van der Waals surface area contributed by atoms with Crippen LogP contribution in [0.4, 0.5) is 13.2 Å². The zero-order chi connectivity index (χ0) is 12.3. The van der Waals surface area contributed by atoms with Gasteiger partial charge in [0.15, 0.2) is 0 Å². The molecule has 0 aliphatic heterocycles. The van der Waals surface area contributed by atoms with Crippen molar-refractivity contribution in [3.05, 3.63) is 41.1 Å². The van der Waals surface area contributed by atoms with Crippen LogP contribution in [0.15, 0.2) is 29.8 Å². The van der Waals surface area contributed by atoms with Crippen molar-refractivity contribution < 1.29 is 18.0 Å². The molecule has 1 aromatic rings. The van der Waals surface area contributed by atoms with Gasteiger partial charge in [-0.2, -0.15) is 13.2 Å². The highest BCUT2D eigenvalue weighted by Gasteiger charge is 2.30. The van der Waals surface area contributed by atoms with Crippen LogP contribution in [0.2, 0.25) is 0 Å². The molecule has 0 atom stereocenters. The molecule has 0 aliphatic rings. The van der Waals surface area contributed by atoms with Crippen molar-refractivity contribution in [3.63, 3.8) is 0 Å². The number of pyridine rings is 1. The van der Waals surface area contributed by atoms with E-state index in [-0.39, 0.29) is 10.6 Å². The summed E-state index contributed by atoms with van der Waals surface area (Å²) in [5, 5.41) is 0. The Bertz CT molecular complexity index is 411. The topological polar surface area (TPSA) is 30.0 Å². The van der Waals surface area contributed by atoms with Crippen molar-refractivity contribution in [1.82, 2.24) is 4.98 Å². The third-order valence-electron chi connectivity index (χ3n) is 1.82. The first-order chi connectivity index (χ1) is 7.36. The van der Waals surface area contributed by atoms with E-state index < -0.39 is 17.5 Å². The lowest BCUT2D eigenvalue weighted by Gasteiger charge is -2.06. The molecule has 86 valence electrons. The Morgan fingerprint density at radius 1 is 1.44 bits per heavy atom. The van der Waals surface area contributed by atoms with Crippen LogP contribution in [0.25, 0.3) is 0 Å². The molecule has 0 saturated heterocycles. The predicted molar refractivity (Wildman–Crippen MR) is 56.2 cm³/mol. The van der Waals surface area contributed by atoms with Crippen molar-refractivity contribution >= 4 is 17.5 Å². The maximum absolute atomic E-state index is 12.2. The Morgan fingerprint density at radius 3 is 2.44 bits per heavy atom. The highest BCUT2D eigenvalue weighted by atomic mass is 32.2. The number of rotatable bonds is 3. The monoisotopic (exact) mass is 247 g/mol. The van der Waals surface area contributed by atoms with Gasteiger partial charge in [-0.05, 0) is 18.4 Å². The molecule has 0 bridgehead atoms. The lowest BCUT2D eigenvalue weighted by Crippen LogP contribution is -2.08. The molecule has 2 nitrogen and oxygen atoms in total. The molecule has 0 aliphatic carbocycles. The van der Waals surface area contributed by atoms with Crippen LogP contribution in [0.1, 0.15) is 16.1 Å². The first-order valence-electron chi connectivity index (χ1n) is 4.17. The maximum atomic E-state index is 12.2. The smallest absolute Gasteiger partial charge is 0.286 e. The third kappa shape index (κ3) is 2.85. The molecule has 0 N–H and O–H groups in total. The minimum atomic E-state index is -4.44. The van der Waals surface area contributed by atoms with E-state index in [0.717, 1.165) is 23.9 Å². The van der Waals surface area contributed by atoms with Crippen molar-refractivity contribution in [1.29, 1.82) is 0 Å². The molecule has 0 saturated carbocycles. The van der Waals surface area contributed by atoms with Gasteiger partial charge >= 0.3 is 6.18 Å². The van der Waals surface area contributed by atoms with Crippen LogP contribution in [0.5, 0.6) is 0 Å². The van der Waals surface area contributed by atoms with E-state index in [4.69, 9.17) is 0 Å². The second-order valence-corrected chi connectivity index (χ2v) is 3.79. The Balaban J connectivity index is 2.96. The number of ketones is 1. The van der Waals surface area contributed by atoms with Crippen LogP contribution >= 0.6 is 11.8 Å². The number of hydrogen-bond acceptors (Lipinski definition) is 3. The van der Waals surface area contributed by atoms with Crippen molar-refractivity contribution in [2.45, 2.75) is 6.18 Å². The Kier molecular flexibility index (Phi) is 3.74. The number of halogens is 3. The fourth-order valence-corrected chi connectivity index (χ4v) is 1.22. The summed E-state index contributed by atoms with van der Waals surface area (Å²) in [6.45, 7) is 3.47. The van der Waals surface area contributed by atoms with Crippen LogP contribution in [-0.4, -0.2) is 17.0 Å². The summed E-state index contributed by atoms with van der Waals surface area (Å²) in [6.07, 6.45) is -2.14. The van der Waals surface area contributed by atoms with E-state index in [0.29, 0.717) is 6.20 Å². The fourth-order valence-electron chi connectivity index (χ4n) is 0.931. The quantitative estimate of drug-likeness (QED) is 0.607. The van der Waals surface area contributed by atoms with E-state index in [2.05, 4.69) is 11.6 Å². The van der Waals surface area contributed by atoms with Crippen molar-refractivity contribution in [2.75, 3.05) is 6.26 Å². The Hall–Kier alpha value is -1.30. The molecule has 0 fully saturated rings. The SMILES string of the molecule is C=C(SC)C(=O)c1ccc(C(F)(F)F)cn1. The molecule has 1 rings (SSSR count). The van der Waals surface area contributed by atoms with Gasteiger partial charge in [0, 0.05) is 11.1 Å². The number of carbonyl (C=O) groups excluding carboxylic acids is 1. The van der Waals surface area contributed by atoms with Gasteiger partial charge in [-0.15, -0.1) is 11.8 Å². The number of Topliss-reactive ketones (excluding diaryl/α,β-unsaturated/α-hetero) is 1. The molecule has 0 unspecified atom stereocenters. The zero-order valence-corrected chi connectivity index (χ0v) is 9.15. The molecule has 0 spiro atoms. The van der Waals surface area contributed by atoms with Gasteiger partial charge in [-0.25, -0.2) is 0 Å². The second kappa shape index (κ2) is 4.69. The molecule has 1 heterocycles. The second-order valence-electron chi connectivity index (χ2n) is 2.89. The number of thioether (sulfide) groups is 1. The molecule has 6 heteroatoms. The molecule has 0 amide bonds. The van der Waals surface area contributed by atoms with Gasteiger partial charge in [0.1, 0.15) is 5.69 Å². The standard InChI is InChI=1S/C10H8F3NOS/c1-6(16-2)9(15)8-4-3-7(5-14-8)10(11,12)13/h3-5H,1H2,2H3. The van der Waals surface area contributed by atoms with Crippen LogP contribution in [-0.2, 0) is 6.18 Å². The fraction of sp³-hybridized carbons (Fsp3) is 0.200. The van der Waals surface area contributed by atoms with Gasteiger partial charge in [0.25, 0.3) is 0 Å². The number of allylic oxidation sites excluding steroid dienone is 1. The van der Waals surface area contributed by atoms with E-state index in [1.165, 1.54) is 0 Å². The summed E-state index contributed by atoms with van der Waals surface area (Å²) in [5.41, 5.74) is -0.911. The van der Waals surface area contributed by atoms with Gasteiger partial charge in [0.05, 0.1) is 5.56 Å². The first kappa shape index (κ1) is 12.8. The van der Waals surface area contributed by atoms with E-state index in [1.807, 2.05) is 0 Å². The summed E-state index contributed by atoms with van der Waals surface area (Å²) in [4.78, 5) is 15.2. The largest absolute Gasteiger partial charge is 0.417 e. The minimum absolute atomic E-state index is 0.0349. The lowest BCUT2D eigenvalue weighted by molar-refractivity contribution is -0.137. The van der Waals surface area contributed by atoms with E-state index >= 15 is 0 Å². The lowest BCUT2D eigenvalue weighted by atomic mass is 10.2. The van der Waals surface area contributed by atoms with Crippen molar-refractivity contribution in [2.24, 2.45) is 0 Å². The third-order valence-corrected chi connectivity index (χ3v) is 2.50. The number of hydrogen-bond donors (Lipinski definition) is 0. The highest BCUT2D eigenvalue weighted by molar-refractivity contribution is 8.03. The zero-order valence-electron chi connectivity index (χ0n) is 8.34. The summed E-state index contributed by atoms with van der Waals surface area (Å²) in [5.74, 6) is -0.457. The molecule has 0 radical (unpaired) electrons. The Morgan fingerprint density at radius 2 is 2.06 bits per heavy atom. The van der Waals surface area contributed by atoms with E-state index in [1.54, 1.807) is 6.26 Å². The molecule has 16 heavy (non-hydrogen) atoms. The average Bonchev–Trinajstić information content (AvgIpc) is 2.26. The molecule has 0 aromatic carbocycles. The molecular formula is C10H8F3NOS. The number of alkyl halides is 3. The van der Waals surface area contributed by atoms with Gasteiger partial charge in [-0.3, -0.25) is 9.78 Å². The summed E-state index contributed by atoms with van der Waals surface area (Å²) in [6, 6.07) is 1.88. The normalized spacial score (nSPS) is 11.2. The summed E-state index contributed by atoms with van der Waals surface area (Å²) < 4.78 is 36.6. The molecule has 1 aromatic heterocycles. The van der Waals surface area contributed by atoms with Crippen LogP contribution in [0, 0.1) is 0 Å². The highest BCUT2D eigenvalue weighted by Crippen LogP contribution is 2.28. The minimum Gasteiger partial charge on any atom is -0.286 e. The number of carbonyl (C=O) groups is 1. The summed E-state index contributed by atoms with van der Waals surface area (Å²) >= 11 is 1.13. The van der Waals surface area contributed by atoms with Crippen LogP contribution < -0.4 is 0 Å². The Labute approximate surface area is 94.6 Å². The summed E-state index contributed by atoms with van der Waals surface area (Å²) in [7, 11) is 0. The van der Waals surface area contributed by atoms with Crippen LogP contribution in [0.3, 0.4) is 0 Å².